The lowest BCUT2D eigenvalue weighted by Crippen LogP contribution is -2.41. The van der Waals surface area contributed by atoms with Gasteiger partial charge >= 0.3 is 6.03 Å². The lowest BCUT2D eigenvalue weighted by Gasteiger charge is -2.32. The van der Waals surface area contributed by atoms with Crippen molar-refractivity contribution in [2.45, 2.75) is 37.8 Å². The van der Waals surface area contributed by atoms with E-state index in [0.29, 0.717) is 12.8 Å². The third-order valence-corrected chi connectivity index (χ3v) is 3.91. The van der Waals surface area contributed by atoms with Crippen molar-refractivity contribution in [1.29, 1.82) is 0 Å². The van der Waals surface area contributed by atoms with Crippen molar-refractivity contribution in [1.82, 2.24) is 10.6 Å². The highest BCUT2D eigenvalue weighted by Crippen LogP contribution is 2.19. The van der Waals surface area contributed by atoms with Crippen LogP contribution < -0.4 is 10.6 Å². The number of hydrogen-bond acceptors (Lipinski definition) is 7. The molecule has 0 bridgehead atoms. The molecule has 3 atom stereocenters. The second-order valence-corrected chi connectivity index (χ2v) is 6.76. The zero-order chi connectivity index (χ0) is 17.3. The van der Waals surface area contributed by atoms with Crippen LogP contribution in [-0.4, -0.2) is 79.8 Å². The summed E-state index contributed by atoms with van der Waals surface area (Å²) in [6.07, 6.45) is -0.902. The molecule has 11 heteroatoms. The fourth-order valence-corrected chi connectivity index (χ4v) is 2.56. The van der Waals surface area contributed by atoms with Crippen molar-refractivity contribution in [3.05, 3.63) is 0 Å². The zero-order valence-corrected chi connectivity index (χ0v) is 13.5. The molecular formula is C12H24N2O8S. The van der Waals surface area contributed by atoms with Crippen molar-refractivity contribution in [3.8, 4) is 0 Å². The first-order valence-electron chi connectivity index (χ1n) is 7.33. The van der Waals surface area contributed by atoms with Crippen molar-refractivity contribution < 1.29 is 37.5 Å². The molecule has 1 heterocycles. The average molecular weight is 356 g/mol. The van der Waals surface area contributed by atoms with Crippen LogP contribution in [0, 0.1) is 0 Å². The number of carbonyl (C=O) groups excluding carboxylic acids is 1. The Morgan fingerprint density at radius 2 is 1.96 bits per heavy atom. The van der Waals surface area contributed by atoms with Gasteiger partial charge in [-0.25, -0.2) is 4.79 Å². The Morgan fingerprint density at radius 3 is 2.61 bits per heavy atom. The van der Waals surface area contributed by atoms with Crippen LogP contribution in [0.3, 0.4) is 0 Å². The average Bonchev–Trinajstić information content (AvgIpc) is 2.46. The van der Waals surface area contributed by atoms with E-state index in [9.17, 15) is 18.3 Å². The molecule has 136 valence electrons. The predicted molar refractivity (Wildman–Crippen MR) is 79.4 cm³/mol. The third-order valence-electron chi connectivity index (χ3n) is 3.10. The molecule has 0 aliphatic carbocycles. The van der Waals surface area contributed by atoms with Gasteiger partial charge in [-0.1, -0.05) is 0 Å². The molecule has 5 N–H and O–H groups in total. The molecule has 1 saturated heterocycles. The Labute approximate surface area is 134 Å². The minimum atomic E-state index is -4.01. The number of ether oxygens (including phenoxy) is 2. The second-order valence-electron chi connectivity index (χ2n) is 5.19. The molecule has 23 heavy (non-hydrogen) atoms. The van der Waals surface area contributed by atoms with E-state index in [1.165, 1.54) is 0 Å². The van der Waals surface area contributed by atoms with Gasteiger partial charge in [-0.05, 0) is 6.42 Å². The number of amides is 2. The maximum atomic E-state index is 11.4. The van der Waals surface area contributed by atoms with E-state index >= 15 is 0 Å². The van der Waals surface area contributed by atoms with Crippen LogP contribution >= 0.6 is 0 Å². The quantitative estimate of drug-likeness (QED) is 0.245. The maximum absolute atomic E-state index is 11.4. The van der Waals surface area contributed by atoms with E-state index in [-0.39, 0.29) is 32.7 Å². The van der Waals surface area contributed by atoms with E-state index in [1.807, 2.05) is 0 Å². The first kappa shape index (κ1) is 20.1. The predicted octanol–water partition coefficient (Wildman–Crippen LogP) is -1.56. The van der Waals surface area contributed by atoms with Gasteiger partial charge in [0.2, 0.25) is 0 Å². The van der Waals surface area contributed by atoms with E-state index in [4.69, 9.17) is 19.1 Å². The molecule has 0 spiro atoms. The molecule has 0 saturated carbocycles. The summed E-state index contributed by atoms with van der Waals surface area (Å²) in [5.74, 6) is -0.413. The van der Waals surface area contributed by atoms with Gasteiger partial charge in [-0.2, -0.15) is 8.42 Å². The Kier molecular flexibility index (Phi) is 8.73. The molecule has 10 nitrogen and oxygen atoms in total. The van der Waals surface area contributed by atoms with Gasteiger partial charge in [0.05, 0.1) is 31.2 Å². The largest absolute Gasteiger partial charge is 0.394 e. The van der Waals surface area contributed by atoms with Crippen molar-refractivity contribution in [3.63, 3.8) is 0 Å². The van der Waals surface area contributed by atoms with Crippen LogP contribution in [0.5, 0.6) is 0 Å². The number of hydrogen-bond donors (Lipinski definition) is 5. The molecule has 1 aliphatic heterocycles. The Hall–Kier alpha value is -0.980. The highest BCUT2D eigenvalue weighted by Gasteiger charge is 2.28. The van der Waals surface area contributed by atoms with Gasteiger partial charge in [0.25, 0.3) is 10.1 Å². The molecule has 1 aliphatic rings. The summed E-state index contributed by atoms with van der Waals surface area (Å²) in [4.78, 5) is 11.4. The van der Waals surface area contributed by atoms with Gasteiger partial charge in [0.15, 0.2) is 6.29 Å². The van der Waals surface area contributed by atoms with Crippen molar-refractivity contribution in [2.24, 2.45) is 0 Å². The van der Waals surface area contributed by atoms with Gasteiger partial charge in [0.1, 0.15) is 0 Å². The highest BCUT2D eigenvalue weighted by molar-refractivity contribution is 7.85. The fraction of sp³-hybridized carbons (Fsp3) is 0.917. The Morgan fingerprint density at radius 1 is 1.26 bits per heavy atom. The van der Waals surface area contributed by atoms with Gasteiger partial charge < -0.3 is 30.3 Å². The molecule has 0 aromatic carbocycles. The van der Waals surface area contributed by atoms with E-state index < -0.39 is 40.4 Å². The van der Waals surface area contributed by atoms with Gasteiger partial charge in [-0.15, -0.1) is 0 Å². The molecular weight excluding hydrogens is 332 g/mol. The molecule has 1 fully saturated rings. The summed E-state index contributed by atoms with van der Waals surface area (Å²) in [5, 5.41) is 23.5. The monoisotopic (exact) mass is 356 g/mol. The smallest absolute Gasteiger partial charge is 0.314 e. The highest BCUT2D eigenvalue weighted by atomic mass is 32.2. The van der Waals surface area contributed by atoms with E-state index in [0.717, 1.165) is 0 Å². The van der Waals surface area contributed by atoms with E-state index in [1.54, 1.807) is 0 Å². The number of urea groups is 1. The molecule has 0 aromatic rings. The van der Waals surface area contributed by atoms with Crippen LogP contribution in [0.2, 0.25) is 0 Å². The lowest BCUT2D eigenvalue weighted by molar-refractivity contribution is -0.220. The zero-order valence-electron chi connectivity index (χ0n) is 12.7. The SMILES string of the molecule is O=C(NCCCS(=O)(=O)O)NCCO[C@H]1C[C@@H](O)C[C@@H](CO)O1. The van der Waals surface area contributed by atoms with Crippen molar-refractivity contribution >= 4 is 16.1 Å². The number of nitrogens with one attached hydrogen (secondary N) is 2. The topological polar surface area (TPSA) is 154 Å². The Bertz CT molecular complexity index is 458. The van der Waals surface area contributed by atoms with Crippen LogP contribution in [0.4, 0.5) is 4.79 Å². The number of aliphatic hydroxyl groups excluding tert-OH is 2. The first-order chi connectivity index (χ1) is 10.8. The van der Waals surface area contributed by atoms with Crippen LogP contribution in [-0.2, 0) is 19.6 Å². The lowest BCUT2D eigenvalue weighted by atomic mass is 10.1. The minimum Gasteiger partial charge on any atom is -0.394 e. The summed E-state index contributed by atoms with van der Waals surface area (Å²) in [7, 11) is -4.01. The number of carbonyl (C=O) groups is 1. The number of aliphatic hydroxyl groups is 2. The molecule has 0 radical (unpaired) electrons. The van der Waals surface area contributed by atoms with Crippen LogP contribution in [0.1, 0.15) is 19.3 Å². The summed E-state index contributed by atoms with van der Waals surface area (Å²) in [6, 6.07) is -0.484. The molecule has 2 amide bonds. The second kappa shape index (κ2) is 10.0. The summed E-state index contributed by atoms with van der Waals surface area (Å²) in [5.41, 5.74) is 0. The van der Waals surface area contributed by atoms with E-state index in [2.05, 4.69) is 10.6 Å². The summed E-state index contributed by atoms with van der Waals surface area (Å²) >= 11 is 0. The van der Waals surface area contributed by atoms with Crippen molar-refractivity contribution in [2.75, 3.05) is 32.1 Å². The molecule has 0 unspecified atom stereocenters. The van der Waals surface area contributed by atoms with Gasteiger partial charge in [0, 0.05) is 25.9 Å². The minimum absolute atomic E-state index is 0.110. The summed E-state index contributed by atoms with van der Waals surface area (Å²) in [6.45, 7) is 0.279. The fourth-order valence-electron chi connectivity index (χ4n) is 2.05. The Balaban J connectivity index is 2.06. The molecule has 0 aromatic heterocycles. The normalized spacial score (nSPS) is 25.1. The standard InChI is InChI=1S/C12H24N2O8S/c15-8-10-6-9(16)7-11(22-10)21-4-3-14-12(17)13-2-1-5-23(18,19)20/h9-11,15-16H,1-8H2,(H2,13,14,17)(H,18,19,20)/t9-,10-,11+/m0/s1. The summed E-state index contributed by atoms with van der Waals surface area (Å²) < 4.78 is 40.2. The van der Waals surface area contributed by atoms with Gasteiger partial charge in [-0.3, -0.25) is 4.55 Å². The maximum Gasteiger partial charge on any atom is 0.314 e. The third kappa shape index (κ3) is 9.69. The number of rotatable bonds is 9. The first-order valence-corrected chi connectivity index (χ1v) is 8.94. The van der Waals surface area contributed by atoms with Crippen LogP contribution in [0.15, 0.2) is 0 Å². The molecule has 1 rings (SSSR count). The van der Waals surface area contributed by atoms with Crippen LogP contribution in [0.25, 0.3) is 0 Å².